The van der Waals surface area contributed by atoms with Crippen LogP contribution in [0.15, 0.2) is 60.9 Å². The van der Waals surface area contributed by atoms with Crippen LogP contribution in [0, 0.1) is 0 Å². The van der Waals surface area contributed by atoms with Gasteiger partial charge in [-0.25, -0.2) is 4.98 Å². The molecule has 5 rings (SSSR count). The normalized spacial score (nSPS) is 18.6. The molecule has 1 saturated carbocycles. The van der Waals surface area contributed by atoms with Gasteiger partial charge >= 0.3 is 0 Å². The van der Waals surface area contributed by atoms with E-state index in [1.54, 1.807) is 12.1 Å². The quantitative estimate of drug-likeness (QED) is 0.263. The highest BCUT2D eigenvalue weighted by atomic mass is 16.3. The molecular formula is C27H31N7O2. The van der Waals surface area contributed by atoms with Crippen LogP contribution in [0.1, 0.15) is 54.6 Å². The van der Waals surface area contributed by atoms with E-state index in [1.807, 2.05) is 42.6 Å². The average Bonchev–Trinajstić information content (AvgIpc) is 3.31. The Hall–Kier alpha value is -4.11. The second-order valence-corrected chi connectivity index (χ2v) is 9.37. The molecule has 2 aromatic carbocycles. The Morgan fingerprint density at radius 1 is 1.14 bits per heavy atom. The number of anilines is 3. The fourth-order valence-corrected chi connectivity index (χ4v) is 4.91. The Balaban J connectivity index is 1.46. The monoisotopic (exact) mass is 485 g/mol. The summed E-state index contributed by atoms with van der Waals surface area (Å²) in [5, 5.41) is 17.3. The third-order valence-electron chi connectivity index (χ3n) is 7.00. The number of hydrogen-bond donors (Lipinski definition) is 5. The number of phenolic OH excluding ortho intramolecular Hbond substituents is 1. The number of primary amides is 1. The minimum Gasteiger partial charge on any atom is -0.508 e. The van der Waals surface area contributed by atoms with Gasteiger partial charge in [-0.15, -0.1) is 0 Å². The number of amides is 1. The van der Waals surface area contributed by atoms with Gasteiger partial charge in [0.15, 0.2) is 0 Å². The molecule has 0 saturated heterocycles. The number of aromatic nitrogens is 3. The van der Waals surface area contributed by atoms with Crippen molar-refractivity contribution in [1.82, 2.24) is 14.5 Å². The standard InChI is InChI=1S/C27H31N7O2/c1-16(17-9-11-18(35)12-10-17)34-14-13-19-22(7-4-8-24(19)34)31-26-20(25(29)36)15-30-27(33-26)32-23-6-3-2-5-21(23)28/h4,7-16,21,23,35H,2-3,5-6,28H2,1H3,(H2,29,36)(H2,30,31,32,33)/t16?,21-,23+/m0/s1. The molecule has 1 aliphatic carbocycles. The molecule has 4 aromatic rings. The number of nitrogens with one attached hydrogen (secondary N) is 2. The smallest absolute Gasteiger partial charge is 0.254 e. The maximum absolute atomic E-state index is 12.1. The van der Waals surface area contributed by atoms with Gasteiger partial charge in [-0.05, 0) is 55.7 Å². The van der Waals surface area contributed by atoms with Crippen LogP contribution in [-0.2, 0) is 0 Å². The average molecular weight is 486 g/mol. The van der Waals surface area contributed by atoms with Crippen molar-refractivity contribution in [2.24, 2.45) is 11.5 Å². The summed E-state index contributed by atoms with van der Waals surface area (Å²) < 4.78 is 2.17. The number of nitrogens with zero attached hydrogens (tertiary/aromatic N) is 3. The summed E-state index contributed by atoms with van der Waals surface area (Å²) in [6, 6.07) is 15.4. The summed E-state index contributed by atoms with van der Waals surface area (Å²) in [5.41, 5.74) is 15.0. The van der Waals surface area contributed by atoms with E-state index >= 15 is 0 Å². The number of rotatable bonds is 7. The van der Waals surface area contributed by atoms with Crippen LogP contribution in [0.3, 0.4) is 0 Å². The molecule has 0 radical (unpaired) electrons. The minimum atomic E-state index is -0.607. The number of nitrogens with two attached hydrogens (primary N) is 2. The third kappa shape index (κ3) is 4.70. The van der Waals surface area contributed by atoms with Gasteiger partial charge in [-0.1, -0.05) is 31.0 Å². The van der Waals surface area contributed by atoms with E-state index in [0.29, 0.717) is 11.8 Å². The van der Waals surface area contributed by atoms with Gasteiger partial charge in [-0.3, -0.25) is 4.79 Å². The first-order valence-corrected chi connectivity index (χ1v) is 12.2. The van der Waals surface area contributed by atoms with Gasteiger partial charge in [0.05, 0.1) is 11.6 Å². The van der Waals surface area contributed by atoms with Crippen molar-refractivity contribution in [3.8, 4) is 5.75 Å². The second-order valence-electron chi connectivity index (χ2n) is 9.37. The Morgan fingerprint density at radius 2 is 1.92 bits per heavy atom. The maximum atomic E-state index is 12.1. The van der Waals surface area contributed by atoms with Gasteiger partial charge < -0.3 is 31.8 Å². The number of fused-ring (bicyclic) bond motifs is 1. The lowest BCUT2D eigenvalue weighted by atomic mass is 9.91. The van der Waals surface area contributed by atoms with Crippen LogP contribution in [0.5, 0.6) is 5.75 Å². The van der Waals surface area contributed by atoms with Crippen LogP contribution in [-0.4, -0.2) is 37.6 Å². The van der Waals surface area contributed by atoms with E-state index in [1.165, 1.54) is 6.20 Å². The molecule has 0 aliphatic heterocycles. The van der Waals surface area contributed by atoms with E-state index in [-0.39, 0.29) is 29.4 Å². The van der Waals surface area contributed by atoms with Crippen molar-refractivity contribution in [1.29, 1.82) is 0 Å². The topological polar surface area (TPSA) is 144 Å². The molecule has 0 spiro atoms. The number of hydrogen-bond acceptors (Lipinski definition) is 7. The summed E-state index contributed by atoms with van der Waals surface area (Å²) in [4.78, 5) is 21.1. The first-order chi connectivity index (χ1) is 17.4. The second kappa shape index (κ2) is 9.87. The van der Waals surface area contributed by atoms with Crippen LogP contribution in [0.2, 0.25) is 0 Å². The van der Waals surface area contributed by atoms with Crippen molar-refractivity contribution >= 4 is 34.3 Å². The first-order valence-electron chi connectivity index (χ1n) is 12.2. The van der Waals surface area contributed by atoms with E-state index in [2.05, 4.69) is 32.1 Å². The number of carbonyl (C=O) groups is 1. The van der Waals surface area contributed by atoms with Crippen LogP contribution in [0.25, 0.3) is 10.9 Å². The summed E-state index contributed by atoms with van der Waals surface area (Å²) in [5.74, 6) is 0.389. The van der Waals surface area contributed by atoms with Crippen molar-refractivity contribution in [3.63, 3.8) is 0 Å². The molecule has 3 atom stereocenters. The Bertz CT molecular complexity index is 1380. The zero-order valence-electron chi connectivity index (χ0n) is 20.2. The molecule has 36 heavy (non-hydrogen) atoms. The lowest BCUT2D eigenvalue weighted by Gasteiger charge is -2.29. The minimum absolute atomic E-state index is 0.0404. The zero-order chi connectivity index (χ0) is 25.2. The van der Waals surface area contributed by atoms with Crippen molar-refractivity contribution in [2.75, 3.05) is 10.6 Å². The van der Waals surface area contributed by atoms with Crippen LogP contribution >= 0.6 is 0 Å². The lowest BCUT2D eigenvalue weighted by Crippen LogP contribution is -2.43. The first kappa shape index (κ1) is 23.6. The lowest BCUT2D eigenvalue weighted by molar-refractivity contribution is 0.100. The van der Waals surface area contributed by atoms with E-state index in [4.69, 9.17) is 11.5 Å². The van der Waals surface area contributed by atoms with Crippen molar-refractivity contribution in [2.45, 2.75) is 50.7 Å². The Kier molecular flexibility index (Phi) is 6.47. The van der Waals surface area contributed by atoms with Gasteiger partial charge in [0.25, 0.3) is 5.91 Å². The van der Waals surface area contributed by atoms with Crippen molar-refractivity contribution < 1.29 is 9.90 Å². The SMILES string of the molecule is CC(c1ccc(O)cc1)n1ccc2c(Nc3nc(N[C@@H]4CCCC[C@@H]4N)ncc3C(N)=O)cccc21. The zero-order valence-corrected chi connectivity index (χ0v) is 20.2. The predicted octanol–water partition coefficient (Wildman–Crippen LogP) is 4.27. The molecule has 1 amide bonds. The largest absolute Gasteiger partial charge is 0.508 e. The number of carbonyl (C=O) groups excluding carboxylic acids is 1. The fourth-order valence-electron chi connectivity index (χ4n) is 4.91. The van der Waals surface area contributed by atoms with Crippen molar-refractivity contribution in [3.05, 3.63) is 72.1 Å². The molecule has 9 nitrogen and oxygen atoms in total. The molecule has 1 unspecified atom stereocenters. The highest BCUT2D eigenvalue weighted by Crippen LogP contribution is 2.32. The molecular weight excluding hydrogens is 454 g/mol. The number of phenols is 1. The highest BCUT2D eigenvalue weighted by Gasteiger charge is 2.23. The molecule has 1 aliphatic rings. The third-order valence-corrected chi connectivity index (χ3v) is 7.00. The predicted molar refractivity (Wildman–Crippen MR) is 142 cm³/mol. The summed E-state index contributed by atoms with van der Waals surface area (Å²) in [6.45, 7) is 2.11. The van der Waals surface area contributed by atoms with Crippen LogP contribution < -0.4 is 22.1 Å². The number of benzene rings is 2. The summed E-state index contributed by atoms with van der Waals surface area (Å²) in [7, 11) is 0. The van der Waals surface area contributed by atoms with Gasteiger partial charge in [0, 0.05) is 35.6 Å². The summed E-state index contributed by atoms with van der Waals surface area (Å²) in [6.07, 6.45) is 7.63. The molecule has 9 heteroatoms. The molecule has 0 bridgehead atoms. The van der Waals surface area contributed by atoms with Gasteiger partial charge in [-0.2, -0.15) is 4.98 Å². The summed E-state index contributed by atoms with van der Waals surface area (Å²) >= 11 is 0. The molecule has 186 valence electrons. The maximum Gasteiger partial charge on any atom is 0.254 e. The van der Waals surface area contributed by atoms with E-state index in [0.717, 1.165) is 47.8 Å². The van der Waals surface area contributed by atoms with E-state index in [9.17, 15) is 9.90 Å². The molecule has 7 N–H and O–H groups in total. The molecule has 1 fully saturated rings. The number of aromatic hydroxyl groups is 1. The van der Waals surface area contributed by atoms with E-state index < -0.39 is 5.91 Å². The Labute approximate surface area is 209 Å². The van der Waals surface area contributed by atoms with Gasteiger partial charge in [0.2, 0.25) is 5.95 Å². The van der Waals surface area contributed by atoms with Crippen LogP contribution in [0.4, 0.5) is 17.5 Å². The molecule has 2 heterocycles. The highest BCUT2D eigenvalue weighted by molar-refractivity contribution is 6.00. The molecule has 2 aromatic heterocycles. The fraction of sp³-hybridized carbons (Fsp3) is 0.296. The Morgan fingerprint density at radius 3 is 2.67 bits per heavy atom. The van der Waals surface area contributed by atoms with Gasteiger partial charge in [0.1, 0.15) is 17.1 Å².